The van der Waals surface area contributed by atoms with E-state index in [-0.39, 0.29) is 18.5 Å². The highest BCUT2D eigenvalue weighted by atomic mass is 19.1. The van der Waals surface area contributed by atoms with Gasteiger partial charge in [0.05, 0.1) is 17.7 Å². The molecule has 1 heterocycles. The van der Waals surface area contributed by atoms with E-state index in [9.17, 15) is 9.18 Å². The molecular formula is C14H16FN3O2. The summed E-state index contributed by atoms with van der Waals surface area (Å²) < 4.78 is 19.0. The number of rotatable bonds is 5. The maximum Gasteiger partial charge on any atom is 0.243 e. The van der Waals surface area contributed by atoms with E-state index in [0.717, 1.165) is 13.0 Å². The molecule has 1 atom stereocenters. The number of halogens is 1. The molecule has 0 aromatic heterocycles. The number of nitriles is 1. The molecule has 1 amide bonds. The molecule has 2 N–H and O–H groups in total. The first-order valence-corrected chi connectivity index (χ1v) is 6.39. The van der Waals surface area contributed by atoms with Crippen LogP contribution in [0.3, 0.4) is 0 Å². The summed E-state index contributed by atoms with van der Waals surface area (Å²) in [5.74, 6) is -0.804. The molecular weight excluding hydrogens is 261 g/mol. The zero-order valence-corrected chi connectivity index (χ0v) is 11.0. The van der Waals surface area contributed by atoms with Crippen molar-refractivity contribution in [3.8, 4) is 6.07 Å². The number of nitrogens with two attached hydrogens (primary N) is 1. The fraction of sp³-hybridized carbons (Fsp3) is 0.429. The number of ether oxygens (including phenoxy) is 1. The molecule has 1 aliphatic rings. The molecule has 5 nitrogen and oxygen atoms in total. The predicted molar refractivity (Wildman–Crippen MR) is 69.9 cm³/mol. The first-order chi connectivity index (χ1) is 9.58. The van der Waals surface area contributed by atoms with Gasteiger partial charge in [-0.2, -0.15) is 5.26 Å². The monoisotopic (exact) mass is 277 g/mol. The summed E-state index contributed by atoms with van der Waals surface area (Å²) in [5, 5.41) is 8.83. The summed E-state index contributed by atoms with van der Waals surface area (Å²) in [5.41, 5.74) is 5.97. The summed E-state index contributed by atoms with van der Waals surface area (Å²) in [6.45, 7) is 1.73. The lowest BCUT2D eigenvalue weighted by atomic mass is 10.1. The van der Waals surface area contributed by atoms with Crippen LogP contribution in [0.25, 0.3) is 0 Å². The molecule has 1 fully saturated rings. The molecule has 1 aromatic rings. The second-order valence-electron chi connectivity index (χ2n) is 4.84. The molecule has 0 spiro atoms. The lowest BCUT2D eigenvalue weighted by Gasteiger charge is -2.16. The van der Waals surface area contributed by atoms with Crippen molar-refractivity contribution < 1.29 is 13.9 Å². The molecule has 0 bridgehead atoms. The zero-order chi connectivity index (χ0) is 14.5. The number of hydrogen-bond acceptors (Lipinski definition) is 4. The van der Waals surface area contributed by atoms with Gasteiger partial charge in [-0.05, 0) is 24.6 Å². The average molecular weight is 277 g/mol. The van der Waals surface area contributed by atoms with Crippen LogP contribution in [0.2, 0.25) is 0 Å². The molecule has 106 valence electrons. The Morgan fingerprint density at radius 2 is 2.40 bits per heavy atom. The molecule has 0 unspecified atom stereocenters. The topological polar surface area (TPSA) is 79.3 Å². The number of nitrogens with zero attached hydrogens (tertiary/aromatic N) is 2. The summed E-state index contributed by atoms with van der Waals surface area (Å²) >= 11 is 0. The van der Waals surface area contributed by atoms with Crippen molar-refractivity contribution in [1.82, 2.24) is 4.90 Å². The third kappa shape index (κ3) is 3.76. The van der Waals surface area contributed by atoms with Crippen LogP contribution in [0.1, 0.15) is 17.5 Å². The number of carbonyl (C=O) groups excluding carboxylic acids is 1. The zero-order valence-electron chi connectivity index (χ0n) is 11.0. The molecule has 1 aliphatic heterocycles. The molecule has 20 heavy (non-hydrogen) atoms. The lowest BCUT2D eigenvalue weighted by Crippen LogP contribution is -2.27. The van der Waals surface area contributed by atoms with Crippen LogP contribution in [0, 0.1) is 17.1 Å². The molecule has 0 saturated carbocycles. The van der Waals surface area contributed by atoms with Crippen molar-refractivity contribution in [2.24, 2.45) is 5.73 Å². The largest absolute Gasteiger partial charge is 0.368 e. The van der Waals surface area contributed by atoms with Crippen LogP contribution in [-0.4, -0.2) is 36.6 Å². The van der Waals surface area contributed by atoms with E-state index in [1.54, 1.807) is 6.07 Å². The highest BCUT2D eigenvalue weighted by Gasteiger charge is 2.24. The van der Waals surface area contributed by atoms with Crippen molar-refractivity contribution in [3.05, 3.63) is 35.1 Å². The summed E-state index contributed by atoms with van der Waals surface area (Å²) in [4.78, 5) is 12.7. The van der Waals surface area contributed by atoms with Gasteiger partial charge in [-0.1, -0.05) is 0 Å². The SMILES string of the molecule is N#Cc1ccc(F)c(CN2CC[C@H](OCC(N)=O)C2)c1. The van der Waals surface area contributed by atoms with E-state index in [4.69, 9.17) is 15.7 Å². The first kappa shape index (κ1) is 14.4. The minimum atomic E-state index is -0.490. The normalized spacial score (nSPS) is 18.9. The Hall–Kier alpha value is -1.97. The van der Waals surface area contributed by atoms with Gasteiger partial charge in [0.25, 0.3) is 0 Å². The third-order valence-electron chi connectivity index (χ3n) is 3.26. The highest BCUT2D eigenvalue weighted by Crippen LogP contribution is 2.18. The highest BCUT2D eigenvalue weighted by molar-refractivity contribution is 5.75. The summed E-state index contributed by atoms with van der Waals surface area (Å²) in [7, 11) is 0. The van der Waals surface area contributed by atoms with Gasteiger partial charge < -0.3 is 10.5 Å². The molecule has 2 rings (SSSR count). The Bertz CT molecular complexity index is 542. The summed E-state index contributed by atoms with van der Waals surface area (Å²) in [6.07, 6.45) is 0.733. The first-order valence-electron chi connectivity index (χ1n) is 6.39. The van der Waals surface area contributed by atoms with Crippen molar-refractivity contribution in [3.63, 3.8) is 0 Å². The lowest BCUT2D eigenvalue weighted by molar-refractivity contribution is -0.124. The van der Waals surface area contributed by atoms with Crippen LogP contribution in [0.5, 0.6) is 0 Å². The van der Waals surface area contributed by atoms with Gasteiger partial charge in [0.1, 0.15) is 12.4 Å². The number of amides is 1. The van der Waals surface area contributed by atoms with Crippen LogP contribution < -0.4 is 5.73 Å². The van der Waals surface area contributed by atoms with Crippen LogP contribution in [0.15, 0.2) is 18.2 Å². The van der Waals surface area contributed by atoms with Crippen molar-refractivity contribution in [2.75, 3.05) is 19.7 Å². The number of primary amides is 1. The van der Waals surface area contributed by atoms with Gasteiger partial charge in [0.2, 0.25) is 5.91 Å². The predicted octanol–water partition coefficient (Wildman–Crippen LogP) is 0.774. The van der Waals surface area contributed by atoms with Gasteiger partial charge in [-0.3, -0.25) is 9.69 Å². The Balaban J connectivity index is 1.92. The minimum Gasteiger partial charge on any atom is -0.368 e. The molecule has 0 radical (unpaired) electrons. The van der Waals surface area contributed by atoms with Crippen LogP contribution in [-0.2, 0) is 16.1 Å². The number of hydrogen-bond donors (Lipinski definition) is 1. The molecule has 1 aromatic carbocycles. The Labute approximate surface area is 116 Å². The van der Waals surface area contributed by atoms with Crippen molar-refractivity contribution in [1.29, 1.82) is 5.26 Å². The molecule has 6 heteroatoms. The fourth-order valence-electron chi connectivity index (χ4n) is 2.28. The van der Waals surface area contributed by atoms with Gasteiger partial charge in [-0.25, -0.2) is 4.39 Å². The van der Waals surface area contributed by atoms with Gasteiger partial charge in [0, 0.05) is 25.2 Å². The Morgan fingerprint density at radius 3 is 3.10 bits per heavy atom. The Morgan fingerprint density at radius 1 is 1.60 bits per heavy atom. The van der Waals surface area contributed by atoms with Gasteiger partial charge in [0.15, 0.2) is 0 Å². The standard InChI is InChI=1S/C14H16FN3O2/c15-13-2-1-10(6-16)5-11(13)7-18-4-3-12(8-18)20-9-14(17)19/h1-2,5,12H,3-4,7-9H2,(H2,17,19)/t12-/m0/s1. The Kier molecular flexibility index (Phi) is 4.66. The number of carbonyl (C=O) groups is 1. The number of likely N-dealkylation sites (tertiary alicyclic amines) is 1. The average Bonchev–Trinajstić information content (AvgIpc) is 2.86. The van der Waals surface area contributed by atoms with Crippen LogP contribution in [0.4, 0.5) is 4.39 Å². The maximum atomic E-state index is 13.7. The molecule has 0 aliphatic carbocycles. The maximum absolute atomic E-state index is 13.7. The smallest absolute Gasteiger partial charge is 0.243 e. The van der Waals surface area contributed by atoms with E-state index >= 15 is 0 Å². The van der Waals surface area contributed by atoms with E-state index in [1.807, 2.05) is 11.0 Å². The fourth-order valence-corrected chi connectivity index (χ4v) is 2.28. The quantitative estimate of drug-likeness (QED) is 0.862. The third-order valence-corrected chi connectivity index (χ3v) is 3.26. The van der Waals surface area contributed by atoms with Gasteiger partial charge in [-0.15, -0.1) is 0 Å². The second-order valence-corrected chi connectivity index (χ2v) is 4.84. The summed E-state index contributed by atoms with van der Waals surface area (Å²) in [6, 6.07) is 6.33. The van der Waals surface area contributed by atoms with E-state index in [2.05, 4.69) is 0 Å². The second kappa shape index (κ2) is 6.46. The van der Waals surface area contributed by atoms with E-state index in [1.165, 1.54) is 12.1 Å². The van der Waals surface area contributed by atoms with Gasteiger partial charge >= 0.3 is 0 Å². The van der Waals surface area contributed by atoms with E-state index < -0.39 is 5.91 Å². The molecule has 1 saturated heterocycles. The van der Waals surface area contributed by atoms with E-state index in [0.29, 0.717) is 24.2 Å². The van der Waals surface area contributed by atoms with Crippen LogP contribution >= 0.6 is 0 Å². The minimum absolute atomic E-state index is 0.0512. The number of benzene rings is 1. The van der Waals surface area contributed by atoms with Crippen molar-refractivity contribution in [2.45, 2.75) is 19.1 Å². The van der Waals surface area contributed by atoms with Crippen molar-refractivity contribution >= 4 is 5.91 Å².